The third kappa shape index (κ3) is 4.45. The molecular formula is C18H18FNO2. The summed E-state index contributed by atoms with van der Waals surface area (Å²) < 4.78 is 18.7. The van der Waals surface area contributed by atoms with E-state index in [1.165, 1.54) is 12.1 Å². The van der Waals surface area contributed by atoms with Gasteiger partial charge in [-0.25, -0.2) is 4.39 Å². The van der Waals surface area contributed by atoms with Gasteiger partial charge in [0.2, 0.25) is 5.91 Å². The minimum absolute atomic E-state index is 0.105. The Kier molecular flexibility index (Phi) is 5.31. The van der Waals surface area contributed by atoms with Crippen molar-refractivity contribution in [2.24, 2.45) is 0 Å². The Hall–Kier alpha value is -2.62. The highest BCUT2D eigenvalue weighted by Gasteiger charge is 2.01. The molecule has 0 aliphatic rings. The van der Waals surface area contributed by atoms with E-state index in [9.17, 15) is 9.18 Å². The van der Waals surface area contributed by atoms with Crippen molar-refractivity contribution in [1.82, 2.24) is 5.32 Å². The second kappa shape index (κ2) is 7.41. The fraction of sp³-hybridized carbons (Fsp3) is 0.167. The summed E-state index contributed by atoms with van der Waals surface area (Å²) in [5.41, 5.74) is 2.33. The number of hydrogen-bond donors (Lipinski definition) is 1. The Morgan fingerprint density at radius 3 is 2.59 bits per heavy atom. The Bertz CT molecular complexity index is 678. The van der Waals surface area contributed by atoms with Crippen molar-refractivity contribution in [2.45, 2.75) is 13.5 Å². The highest BCUT2D eigenvalue weighted by atomic mass is 19.1. The average molecular weight is 299 g/mol. The van der Waals surface area contributed by atoms with Crippen molar-refractivity contribution < 1.29 is 13.9 Å². The molecule has 0 fully saturated rings. The lowest BCUT2D eigenvalue weighted by Crippen LogP contribution is -2.18. The summed E-state index contributed by atoms with van der Waals surface area (Å²) in [5, 5.41) is 2.58. The Morgan fingerprint density at radius 2 is 1.95 bits per heavy atom. The molecule has 2 aromatic rings. The molecule has 0 saturated heterocycles. The van der Waals surface area contributed by atoms with Gasteiger partial charge in [0.25, 0.3) is 0 Å². The topological polar surface area (TPSA) is 38.3 Å². The van der Waals surface area contributed by atoms with Crippen molar-refractivity contribution >= 4 is 12.0 Å². The SMILES string of the molecule is CNC(=O)/C(C)=C/c1ccc(OCc2cccc(F)c2)cc1. The molecule has 0 heterocycles. The predicted molar refractivity (Wildman–Crippen MR) is 84.9 cm³/mol. The van der Waals surface area contributed by atoms with Crippen LogP contribution in [0.15, 0.2) is 54.1 Å². The highest BCUT2D eigenvalue weighted by molar-refractivity contribution is 5.96. The first kappa shape index (κ1) is 15.8. The summed E-state index contributed by atoms with van der Waals surface area (Å²) in [5.74, 6) is 0.316. The summed E-state index contributed by atoms with van der Waals surface area (Å²) in [7, 11) is 1.60. The van der Waals surface area contributed by atoms with Crippen LogP contribution in [0.5, 0.6) is 5.75 Å². The summed E-state index contributed by atoms with van der Waals surface area (Å²) in [6, 6.07) is 13.7. The fourth-order valence-corrected chi connectivity index (χ4v) is 1.97. The molecule has 2 aromatic carbocycles. The Labute approximate surface area is 129 Å². The summed E-state index contributed by atoms with van der Waals surface area (Å²) in [6.07, 6.45) is 1.80. The maximum absolute atomic E-state index is 13.1. The molecule has 2 rings (SSSR count). The lowest BCUT2D eigenvalue weighted by atomic mass is 10.1. The van der Waals surface area contributed by atoms with Crippen LogP contribution in [-0.2, 0) is 11.4 Å². The van der Waals surface area contributed by atoms with Gasteiger partial charge in [-0.15, -0.1) is 0 Å². The van der Waals surface area contributed by atoms with Gasteiger partial charge in [-0.2, -0.15) is 0 Å². The molecule has 114 valence electrons. The van der Waals surface area contributed by atoms with Crippen LogP contribution in [0, 0.1) is 5.82 Å². The lowest BCUT2D eigenvalue weighted by Gasteiger charge is -2.07. The second-order valence-corrected chi connectivity index (χ2v) is 4.89. The normalized spacial score (nSPS) is 11.1. The first-order valence-corrected chi connectivity index (χ1v) is 6.96. The van der Waals surface area contributed by atoms with Crippen LogP contribution < -0.4 is 10.1 Å². The van der Waals surface area contributed by atoms with E-state index in [-0.39, 0.29) is 11.7 Å². The van der Waals surface area contributed by atoms with Gasteiger partial charge in [0.1, 0.15) is 18.2 Å². The molecule has 0 unspecified atom stereocenters. The third-order valence-electron chi connectivity index (χ3n) is 3.14. The van der Waals surface area contributed by atoms with Crippen LogP contribution in [0.4, 0.5) is 4.39 Å². The monoisotopic (exact) mass is 299 g/mol. The number of likely N-dealkylation sites (N-methyl/N-ethyl adjacent to an activating group) is 1. The Balaban J connectivity index is 1.99. The van der Waals surface area contributed by atoms with Crippen LogP contribution in [0.2, 0.25) is 0 Å². The quantitative estimate of drug-likeness (QED) is 0.857. The average Bonchev–Trinajstić information content (AvgIpc) is 2.53. The van der Waals surface area contributed by atoms with E-state index in [2.05, 4.69) is 5.32 Å². The molecule has 0 saturated carbocycles. The predicted octanol–water partition coefficient (Wildman–Crippen LogP) is 3.55. The van der Waals surface area contributed by atoms with Gasteiger partial charge < -0.3 is 10.1 Å². The zero-order valence-electron chi connectivity index (χ0n) is 12.6. The number of hydrogen-bond acceptors (Lipinski definition) is 2. The molecule has 4 heteroatoms. The van der Waals surface area contributed by atoms with E-state index in [0.29, 0.717) is 17.9 Å². The minimum atomic E-state index is -0.272. The van der Waals surface area contributed by atoms with E-state index >= 15 is 0 Å². The number of ether oxygens (including phenoxy) is 1. The van der Waals surface area contributed by atoms with E-state index in [1.807, 2.05) is 30.3 Å². The third-order valence-corrected chi connectivity index (χ3v) is 3.14. The van der Waals surface area contributed by atoms with E-state index < -0.39 is 0 Å². The molecule has 0 spiro atoms. The van der Waals surface area contributed by atoms with Gasteiger partial charge in [0, 0.05) is 12.6 Å². The smallest absolute Gasteiger partial charge is 0.246 e. The minimum Gasteiger partial charge on any atom is -0.489 e. The molecule has 3 nitrogen and oxygen atoms in total. The van der Waals surface area contributed by atoms with E-state index in [4.69, 9.17) is 4.74 Å². The molecule has 0 aliphatic carbocycles. The summed E-state index contributed by atoms with van der Waals surface area (Å²) in [6.45, 7) is 2.07. The second-order valence-electron chi connectivity index (χ2n) is 4.89. The number of benzene rings is 2. The standard InChI is InChI=1S/C18H18FNO2/c1-13(18(21)20-2)10-14-6-8-17(9-7-14)22-12-15-4-3-5-16(19)11-15/h3-11H,12H2,1-2H3,(H,20,21)/b13-10+. The van der Waals surface area contributed by atoms with Gasteiger partial charge in [-0.3, -0.25) is 4.79 Å². The van der Waals surface area contributed by atoms with Crippen LogP contribution >= 0.6 is 0 Å². The van der Waals surface area contributed by atoms with Gasteiger partial charge in [-0.05, 0) is 48.4 Å². The molecule has 0 bridgehead atoms. The molecule has 1 amide bonds. The highest BCUT2D eigenvalue weighted by Crippen LogP contribution is 2.16. The number of halogens is 1. The molecule has 22 heavy (non-hydrogen) atoms. The summed E-state index contributed by atoms with van der Waals surface area (Å²) >= 11 is 0. The number of carbonyl (C=O) groups is 1. The van der Waals surface area contributed by atoms with Crippen LogP contribution in [0.3, 0.4) is 0 Å². The van der Waals surface area contributed by atoms with Crippen molar-refractivity contribution in [2.75, 3.05) is 7.05 Å². The summed E-state index contributed by atoms with van der Waals surface area (Å²) in [4.78, 5) is 11.4. The zero-order valence-corrected chi connectivity index (χ0v) is 12.6. The van der Waals surface area contributed by atoms with Gasteiger partial charge >= 0.3 is 0 Å². The van der Waals surface area contributed by atoms with Crippen LogP contribution in [0.1, 0.15) is 18.1 Å². The molecular weight excluding hydrogens is 281 g/mol. The number of carbonyl (C=O) groups excluding carboxylic acids is 1. The molecule has 0 aliphatic heterocycles. The van der Waals surface area contributed by atoms with Gasteiger partial charge in [0.15, 0.2) is 0 Å². The first-order chi connectivity index (χ1) is 10.6. The van der Waals surface area contributed by atoms with Crippen LogP contribution in [0.25, 0.3) is 6.08 Å². The van der Waals surface area contributed by atoms with Gasteiger partial charge in [-0.1, -0.05) is 24.3 Å². The molecule has 0 radical (unpaired) electrons. The zero-order chi connectivity index (χ0) is 15.9. The molecule has 1 N–H and O–H groups in total. The first-order valence-electron chi connectivity index (χ1n) is 6.96. The number of amides is 1. The van der Waals surface area contributed by atoms with E-state index in [1.54, 1.807) is 26.1 Å². The maximum Gasteiger partial charge on any atom is 0.246 e. The lowest BCUT2D eigenvalue weighted by molar-refractivity contribution is -0.116. The number of rotatable bonds is 5. The van der Waals surface area contributed by atoms with Crippen molar-refractivity contribution in [3.05, 3.63) is 71.0 Å². The fourth-order valence-electron chi connectivity index (χ4n) is 1.97. The molecule has 0 atom stereocenters. The van der Waals surface area contributed by atoms with Crippen molar-refractivity contribution in [3.63, 3.8) is 0 Å². The van der Waals surface area contributed by atoms with E-state index in [0.717, 1.165) is 11.1 Å². The van der Waals surface area contributed by atoms with Gasteiger partial charge in [0.05, 0.1) is 0 Å². The van der Waals surface area contributed by atoms with Crippen LogP contribution in [-0.4, -0.2) is 13.0 Å². The maximum atomic E-state index is 13.1. The largest absolute Gasteiger partial charge is 0.489 e. The van der Waals surface area contributed by atoms with Crippen molar-refractivity contribution in [1.29, 1.82) is 0 Å². The molecule has 0 aromatic heterocycles. The number of nitrogens with one attached hydrogen (secondary N) is 1. The Morgan fingerprint density at radius 1 is 1.23 bits per heavy atom. The van der Waals surface area contributed by atoms with Crippen molar-refractivity contribution in [3.8, 4) is 5.75 Å².